The largest absolute Gasteiger partial charge is 0.340 e. The van der Waals surface area contributed by atoms with E-state index in [0.29, 0.717) is 13.0 Å². The summed E-state index contributed by atoms with van der Waals surface area (Å²) in [5.74, 6) is 1.12. The standard InChI is InChI=1S/C21H38N4O2/c1-4-5-6-7-8-9-10-11-12-13-21(26)25-15-14-19(17-25)27-23-20-16-18(2)22-24(20)3/h16,19,23H,4-15,17H2,1-3H3. The molecular weight excluding hydrogens is 340 g/mol. The number of hydrogen-bond acceptors (Lipinski definition) is 4. The normalized spacial score (nSPS) is 16.9. The van der Waals surface area contributed by atoms with Gasteiger partial charge < -0.3 is 4.90 Å². The lowest BCUT2D eigenvalue weighted by molar-refractivity contribution is -0.130. The van der Waals surface area contributed by atoms with Gasteiger partial charge in [0.1, 0.15) is 11.9 Å². The fourth-order valence-electron chi connectivity index (χ4n) is 3.65. The molecule has 1 aromatic rings. The predicted octanol–water partition coefficient (Wildman–Crippen LogP) is 4.59. The monoisotopic (exact) mass is 378 g/mol. The number of likely N-dealkylation sites (tertiary alicyclic amines) is 1. The number of nitrogens with zero attached hydrogens (tertiary/aromatic N) is 3. The summed E-state index contributed by atoms with van der Waals surface area (Å²) in [6.07, 6.45) is 13.2. The summed E-state index contributed by atoms with van der Waals surface area (Å²) in [5, 5.41) is 4.28. The van der Waals surface area contributed by atoms with Crippen LogP contribution in [-0.4, -0.2) is 39.8 Å². The molecule has 0 bridgehead atoms. The van der Waals surface area contributed by atoms with Crippen molar-refractivity contribution in [3.63, 3.8) is 0 Å². The highest BCUT2D eigenvalue weighted by Crippen LogP contribution is 2.17. The van der Waals surface area contributed by atoms with Gasteiger partial charge in [-0.15, -0.1) is 0 Å². The van der Waals surface area contributed by atoms with Crippen LogP contribution in [-0.2, 0) is 16.7 Å². The Morgan fingerprint density at radius 2 is 1.85 bits per heavy atom. The Bertz CT molecular complexity index is 558. The molecule has 1 aromatic heterocycles. The van der Waals surface area contributed by atoms with Crippen LogP contribution >= 0.6 is 0 Å². The third kappa shape index (κ3) is 7.91. The highest BCUT2D eigenvalue weighted by molar-refractivity contribution is 5.76. The zero-order valence-electron chi connectivity index (χ0n) is 17.5. The lowest BCUT2D eigenvalue weighted by atomic mass is 10.1. The number of rotatable bonds is 13. The van der Waals surface area contributed by atoms with E-state index >= 15 is 0 Å². The van der Waals surface area contributed by atoms with Gasteiger partial charge in [0.05, 0.1) is 5.69 Å². The van der Waals surface area contributed by atoms with Gasteiger partial charge in [-0.2, -0.15) is 5.10 Å². The smallest absolute Gasteiger partial charge is 0.222 e. The summed E-state index contributed by atoms with van der Waals surface area (Å²) < 4.78 is 1.76. The first kappa shape index (κ1) is 21.7. The number of carbonyl (C=O) groups is 1. The van der Waals surface area contributed by atoms with Gasteiger partial charge in [-0.25, -0.2) is 5.48 Å². The number of aromatic nitrogens is 2. The van der Waals surface area contributed by atoms with E-state index in [4.69, 9.17) is 4.84 Å². The minimum atomic E-state index is 0.0484. The van der Waals surface area contributed by atoms with Crippen molar-refractivity contribution >= 4 is 11.7 Å². The number of amides is 1. The molecule has 1 amide bonds. The summed E-state index contributed by atoms with van der Waals surface area (Å²) in [7, 11) is 1.88. The fourth-order valence-corrected chi connectivity index (χ4v) is 3.65. The number of aryl methyl sites for hydroxylation is 2. The molecule has 0 radical (unpaired) electrons. The third-order valence-electron chi connectivity index (χ3n) is 5.32. The molecule has 1 N–H and O–H groups in total. The molecule has 2 rings (SSSR count). The van der Waals surface area contributed by atoms with Crippen molar-refractivity contribution < 1.29 is 9.63 Å². The van der Waals surface area contributed by atoms with E-state index in [1.807, 2.05) is 24.9 Å². The minimum Gasteiger partial charge on any atom is -0.340 e. The highest BCUT2D eigenvalue weighted by atomic mass is 16.7. The van der Waals surface area contributed by atoms with Gasteiger partial charge in [0.25, 0.3) is 0 Å². The zero-order chi connectivity index (χ0) is 19.5. The summed E-state index contributed by atoms with van der Waals surface area (Å²) in [6, 6.07) is 1.95. The highest BCUT2D eigenvalue weighted by Gasteiger charge is 2.27. The van der Waals surface area contributed by atoms with Gasteiger partial charge in [0.15, 0.2) is 0 Å². The van der Waals surface area contributed by atoms with Crippen molar-refractivity contribution in [3.05, 3.63) is 11.8 Å². The molecule has 0 aromatic carbocycles. The predicted molar refractivity (Wildman–Crippen MR) is 109 cm³/mol. The first-order valence-electron chi connectivity index (χ1n) is 10.8. The number of carbonyl (C=O) groups excluding carboxylic acids is 1. The molecule has 1 aliphatic rings. The van der Waals surface area contributed by atoms with Crippen LogP contribution < -0.4 is 5.48 Å². The number of anilines is 1. The number of hydrogen-bond donors (Lipinski definition) is 1. The van der Waals surface area contributed by atoms with Crippen LogP contribution in [0.25, 0.3) is 0 Å². The molecule has 6 heteroatoms. The molecule has 1 fully saturated rings. The van der Waals surface area contributed by atoms with Crippen LogP contribution in [0.1, 0.15) is 83.2 Å². The van der Waals surface area contributed by atoms with E-state index < -0.39 is 0 Å². The Labute approximate surface area is 164 Å². The Hall–Kier alpha value is -1.56. The first-order chi connectivity index (χ1) is 13.1. The lowest BCUT2D eigenvalue weighted by Crippen LogP contribution is -2.30. The Kier molecular flexibility index (Phi) is 9.67. The van der Waals surface area contributed by atoms with Gasteiger partial charge in [-0.05, 0) is 19.8 Å². The second-order valence-corrected chi connectivity index (χ2v) is 7.84. The molecule has 0 saturated carbocycles. The molecule has 0 spiro atoms. The molecule has 1 unspecified atom stereocenters. The fraction of sp³-hybridized carbons (Fsp3) is 0.810. The molecule has 2 heterocycles. The van der Waals surface area contributed by atoms with Crippen LogP contribution in [0, 0.1) is 6.92 Å². The average molecular weight is 379 g/mol. The molecule has 1 aliphatic heterocycles. The van der Waals surface area contributed by atoms with Crippen molar-refractivity contribution in [3.8, 4) is 0 Å². The molecule has 0 aliphatic carbocycles. The van der Waals surface area contributed by atoms with E-state index in [0.717, 1.165) is 30.9 Å². The summed E-state index contributed by atoms with van der Waals surface area (Å²) in [6.45, 7) is 5.69. The van der Waals surface area contributed by atoms with Crippen molar-refractivity contribution in [1.29, 1.82) is 0 Å². The van der Waals surface area contributed by atoms with Crippen molar-refractivity contribution in [1.82, 2.24) is 14.7 Å². The average Bonchev–Trinajstić information content (AvgIpc) is 3.24. The third-order valence-corrected chi connectivity index (χ3v) is 5.32. The zero-order valence-corrected chi connectivity index (χ0v) is 17.5. The number of nitrogens with one attached hydrogen (secondary N) is 1. The number of unbranched alkanes of at least 4 members (excludes halogenated alkanes) is 8. The molecule has 1 saturated heterocycles. The quantitative estimate of drug-likeness (QED) is 0.403. The van der Waals surface area contributed by atoms with Gasteiger partial charge in [0.2, 0.25) is 5.91 Å². The molecule has 1 atom stereocenters. The van der Waals surface area contributed by atoms with Crippen LogP contribution in [0.5, 0.6) is 0 Å². The van der Waals surface area contributed by atoms with Crippen LogP contribution in [0.4, 0.5) is 5.82 Å². The van der Waals surface area contributed by atoms with E-state index in [1.54, 1.807) is 4.68 Å². The van der Waals surface area contributed by atoms with Crippen molar-refractivity contribution in [2.24, 2.45) is 7.05 Å². The maximum absolute atomic E-state index is 12.4. The molecule has 154 valence electrons. The van der Waals surface area contributed by atoms with Crippen LogP contribution in [0.2, 0.25) is 0 Å². The van der Waals surface area contributed by atoms with E-state index in [1.165, 1.54) is 51.4 Å². The van der Waals surface area contributed by atoms with Crippen LogP contribution in [0.3, 0.4) is 0 Å². The Morgan fingerprint density at radius 3 is 2.48 bits per heavy atom. The van der Waals surface area contributed by atoms with Crippen LogP contribution in [0.15, 0.2) is 6.07 Å². The van der Waals surface area contributed by atoms with Gasteiger partial charge >= 0.3 is 0 Å². The van der Waals surface area contributed by atoms with E-state index in [-0.39, 0.29) is 12.0 Å². The topological polar surface area (TPSA) is 59.4 Å². The summed E-state index contributed by atoms with van der Waals surface area (Å²) in [4.78, 5) is 20.1. The first-order valence-corrected chi connectivity index (χ1v) is 10.8. The Morgan fingerprint density at radius 1 is 1.19 bits per heavy atom. The molecule has 6 nitrogen and oxygen atoms in total. The molecular formula is C21H38N4O2. The van der Waals surface area contributed by atoms with Gasteiger partial charge in [-0.3, -0.25) is 14.3 Å². The second-order valence-electron chi connectivity index (χ2n) is 7.84. The maximum Gasteiger partial charge on any atom is 0.222 e. The van der Waals surface area contributed by atoms with Gasteiger partial charge in [-0.1, -0.05) is 58.3 Å². The minimum absolute atomic E-state index is 0.0484. The summed E-state index contributed by atoms with van der Waals surface area (Å²) >= 11 is 0. The van der Waals surface area contributed by atoms with E-state index in [9.17, 15) is 4.79 Å². The second kappa shape index (κ2) is 12.0. The van der Waals surface area contributed by atoms with Crippen molar-refractivity contribution in [2.75, 3.05) is 18.6 Å². The van der Waals surface area contributed by atoms with E-state index in [2.05, 4.69) is 17.5 Å². The van der Waals surface area contributed by atoms with Crippen molar-refractivity contribution in [2.45, 2.75) is 90.6 Å². The Balaban J connectivity index is 1.52. The summed E-state index contributed by atoms with van der Waals surface area (Å²) in [5.41, 5.74) is 3.93. The SMILES string of the molecule is CCCCCCCCCCCC(=O)N1CCC(ONc2cc(C)nn2C)C1. The van der Waals surface area contributed by atoms with Gasteiger partial charge in [0, 0.05) is 32.6 Å². The lowest BCUT2D eigenvalue weighted by Gasteiger charge is -2.17. The maximum atomic E-state index is 12.4. The molecule has 27 heavy (non-hydrogen) atoms.